The number of carbonyl (C=O) groups is 1. The average molecular weight is 291 g/mol. The summed E-state index contributed by atoms with van der Waals surface area (Å²) < 4.78 is 0.935. The predicted octanol–water partition coefficient (Wildman–Crippen LogP) is 3.17. The maximum atomic E-state index is 11.4. The SMILES string of the molecule is CCCNC(=O)Cc1cc(Br)ccc1Cl. The summed E-state index contributed by atoms with van der Waals surface area (Å²) in [5, 5.41) is 3.44. The molecule has 1 N–H and O–H groups in total. The molecular formula is C11H13BrClNO. The summed E-state index contributed by atoms with van der Waals surface area (Å²) in [6, 6.07) is 5.51. The number of rotatable bonds is 4. The van der Waals surface area contributed by atoms with Gasteiger partial charge in [-0.05, 0) is 30.2 Å². The molecule has 15 heavy (non-hydrogen) atoms. The van der Waals surface area contributed by atoms with E-state index in [2.05, 4.69) is 21.2 Å². The lowest BCUT2D eigenvalue weighted by molar-refractivity contribution is -0.120. The molecule has 0 bridgehead atoms. The van der Waals surface area contributed by atoms with E-state index in [0.29, 0.717) is 18.0 Å². The fourth-order valence-electron chi connectivity index (χ4n) is 1.18. The number of hydrogen-bond donors (Lipinski definition) is 1. The third-order valence-corrected chi connectivity index (χ3v) is 2.79. The Kier molecular flexibility index (Phi) is 5.12. The minimum atomic E-state index is 0.0110. The first-order chi connectivity index (χ1) is 7.13. The monoisotopic (exact) mass is 289 g/mol. The van der Waals surface area contributed by atoms with Gasteiger partial charge in [-0.1, -0.05) is 34.5 Å². The highest BCUT2D eigenvalue weighted by Gasteiger charge is 2.06. The summed E-state index contributed by atoms with van der Waals surface area (Å²) in [6.07, 6.45) is 1.27. The van der Waals surface area contributed by atoms with Crippen molar-refractivity contribution >= 4 is 33.4 Å². The van der Waals surface area contributed by atoms with E-state index in [4.69, 9.17) is 11.6 Å². The van der Waals surface area contributed by atoms with Crippen LogP contribution in [0.15, 0.2) is 22.7 Å². The zero-order chi connectivity index (χ0) is 11.3. The standard InChI is InChI=1S/C11H13BrClNO/c1-2-5-14-11(15)7-8-6-9(12)3-4-10(8)13/h3-4,6H,2,5,7H2,1H3,(H,14,15). The molecule has 0 fully saturated rings. The van der Waals surface area contributed by atoms with Crippen LogP contribution < -0.4 is 5.32 Å². The van der Waals surface area contributed by atoms with Crippen LogP contribution >= 0.6 is 27.5 Å². The quantitative estimate of drug-likeness (QED) is 0.907. The van der Waals surface area contributed by atoms with Crippen LogP contribution in [0, 0.1) is 0 Å². The molecule has 0 unspecified atom stereocenters. The summed E-state index contributed by atoms with van der Waals surface area (Å²) in [7, 11) is 0. The minimum absolute atomic E-state index is 0.0110. The van der Waals surface area contributed by atoms with Gasteiger partial charge < -0.3 is 5.32 Å². The molecule has 0 saturated carbocycles. The highest BCUT2D eigenvalue weighted by atomic mass is 79.9. The van der Waals surface area contributed by atoms with E-state index in [1.54, 1.807) is 6.07 Å². The number of amides is 1. The Labute approximate surface area is 103 Å². The van der Waals surface area contributed by atoms with Gasteiger partial charge in [0.25, 0.3) is 0 Å². The van der Waals surface area contributed by atoms with Gasteiger partial charge in [-0.25, -0.2) is 0 Å². The second kappa shape index (κ2) is 6.13. The van der Waals surface area contributed by atoms with E-state index < -0.39 is 0 Å². The topological polar surface area (TPSA) is 29.1 Å². The number of nitrogens with one attached hydrogen (secondary N) is 1. The maximum Gasteiger partial charge on any atom is 0.224 e. The molecule has 1 aromatic rings. The third-order valence-electron chi connectivity index (χ3n) is 1.93. The number of carbonyl (C=O) groups excluding carboxylic acids is 1. The van der Waals surface area contributed by atoms with Crippen molar-refractivity contribution < 1.29 is 4.79 Å². The molecule has 0 atom stereocenters. The molecule has 0 radical (unpaired) electrons. The van der Waals surface area contributed by atoms with Crippen LogP contribution in [-0.2, 0) is 11.2 Å². The molecule has 0 spiro atoms. The van der Waals surface area contributed by atoms with Crippen molar-refractivity contribution in [1.29, 1.82) is 0 Å². The molecule has 0 saturated heterocycles. The second-order valence-electron chi connectivity index (χ2n) is 3.26. The Hall–Kier alpha value is -0.540. The minimum Gasteiger partial charge on any atom is -0.356 e. The van der Waals surface area contributed by atoms with Crippen molar-refractivity contribution in [2.75, 3.05) is 6.54 Å². The molecular weight excluding hydrogens is 277 g/mol. The zero-order valence-electron chi connectivity index (χ0n) is 8.52. The highest BCUT2D eigenvalue weighted by molar-refractivity contribution is 9.10. The van der Waals surface area contributed by atoms with Crippen molar-refractivity contribution in [3.05, 3.63) is 33.3 Å². The van der Waals surface area contributed by atoms with Crippen molar-refractivity contribution in [2.24, 2.45) is 0 Å². The van der Waals surface area contributed by atoms with Crippen molar-refractivity contribution in [1.82, 2.24) is 5.32 Å². The van der Waals surface area contributed by atoms with Gasteiger partial charge in [0.15, 0.2) is 0 Å². The Balaban J connectivity index is 2.63. The van der Waals surface area contributed by atoms with Gasteiger partial charge in [0.1, 0.15) is 0 Å². The lowest BCUT2D eigenvalue weighted by Gasteiger charge is -2.05. The normalized spacial score (nSPS) is 10.1. The molecule has 0 heterocycles. The van der Waals surface area contributed by atoms with Gasteiger partial charge in [0.2, 0.25) is 5.91 Å². The van der Waals surface area contributed by atoms with Gasteiger partial charge >= 0.3 is 0 Å². The lowest BCUT2D eigenvalue weighted by Crippen LogP contribution is -2.25. The Morgan fingerprint density at radius 3 is 2.93 bits per heavy atom. The van der Waals surface area contributed by atoms with Crippen molar-refractivity contribution in [3.8, 4) is 0 Å². The Morgan fingerprint density at radius 2 is 2.27 bits per heavy atom. The molecule has 0 aromatic heterocycles. The average Bonchev–Trinajstić information content (AvgIpc) is 2.20. The third kappa shape index (κ3) is 4.22. The molecule has 2 nitrogen and oxygen atoms in total. The van der Waals surface area contributed by atoms with Gasteiger partial charge in [0, 0.05) is 16.0 Å². The van der Waals surface area contributed by atoms with E-state index in [1.165, 1.54) is 0 Å². The fraction of sp³-hybridized carbons (Fsp3) is 0.364. The summed E-state index contributed by atoms with van der Waals surface area (Å²) in [4.78, 5) is 11.4. The summed E-state index contributed by atoms with van der Waals surface area (Å²) in [5.74, 6) is 0.0110. The summed E-state index contributed by atoms with van der Waals surface area (Å²) in [5.41, 5.74) is 0.847. The van der Waals surface area contributed by atoms with Crippen LogP contribution in [0.2, 0.25) is 5.02 Å². The van der Waals surface area contributed by atoms with Crippen molar-refractivity contribution in [2.45, 2.75) is 19.8 Å². The smallest absolute Gasteiger partial charge is 0.224 e. The summed E-state index contributed by atoms with van der Waals surface area (Å²) >= 11 is 9.32. The molecule has 0 aliphatic heterocycles. The number of benzene rings is 1. The molecule has 1 rings (SSSR count). The second-order valence-corrected chi connectivity index (χ2v) is 4.59. The largest absolute Gasteiger partial charge is 0.356 e. The number of halogens is 2. The first-order valence-electron chi connectivity index (χ1n) is 4.84. The molecule has 0 aliphatic rings. The Bertz CT molecular complexity index is 354. The van der Waals surface area contributed by atoms with Crippen molar-refractivity contribution in [3.63, 3.8) is 0 Å². The first-order valence-corrected chi connectivity index (χ1v) is 6.01. The van der Waals surface area contributed by atoms with Gasteiger partial charge in [-0.3, -0.25) is 4.79 Å². The van der Waals surface area contributed by atoms with E-state index >= 15 is 0 Å². The van der Waals surface area contributed by atoms with E-state index in [0.717, 1.165) is 16.5 Å². The van der Waals surface area contributed by atoms with E-state index in [-0.39, 0.29) is 5.91 Å². The van der Waals surface area contributed by atoms with E-state index in [1.807, 2.05) is 19.1 Å². The molecule has 1 aromatic carbocycles. The number of hydrogen-bond acceptors (Lipinski definition) is 1. The van der Waals surface area contributed by atoms with Crippen LogP contribution in [0.5, 0.6) is 0 Å². The van der Waals surface area contributed by atoms with Gasteiger partial charge in [0.05, 0.1) is 6.42 Å². The fourth-order valence-corrected chi connectivity index (χ4v) is 1.77. The first kappa shape index (κ1) is 12.5. The predicted molar refractivity (Wildman–Crippen MR) is 66.2 cm³/mol. The van der Waals surface area contributed by atoms with Gasteiger partial charge in [-0.2, -0.15) is 0 Å². The molecule has 82 valence electrons. The zero-order valence-corrected chi connectivity index (χ0v) is 10.9. The van der Waals surface area contributed by atoms with Crippen LogP contribution in [0.1, 0.15) is 18.9 Å². The maximum absolute atomic E-state index is 11.4. The summed E-state index contributed by atoms with van der Waals surface area (Å²) in [6.45, 7) is 2.73. The van der Waals surface area contributed by atoms with Crippen LogP contribution in [0.4, 0.5) is 0 Å². The highest BCUT2D eigenvalue weighted by Crippen LogP contribution is 2.21. The lowest BCUT2D eigenvalue weighted by atomic mass is 10.1. The van der Waals surface area contributed by atoms with Crippen LogP contribution in [0.25, 0.3) is 0 Å². The van der Waals surface area contributed by atoms with Crippen LogP contribution in [-0.4, -0.2) is 12.5 Å². The van der Waals surface area contributed by atoms with Crippen LogP contribution in [0.3, 0.4) is 0 Å². The molecule has 1 amide bonds. The molecule has 4 heteroatoms. The Morgan fingerprint density at radius 1 is 1.53 bits per heavy atom. The van der Waals surface area contributed by atoms with E-state index in [9.17, 15) is 4.79 Å². The van der Waals surface area contributed by atoms with Gasteiger partial charge in [-0.15, -0.1) is 0 Å². The molecule has 0 aliphatic carbocycles.